The van der Waals surface area contributed by atoms with Gasteiger partial charge in [-0.2, -0.15) is 0 Å². The van der Waals surface area contributed by atoms with E-state index in [0.717, 1.165) is 64.1 Å². The monoisotopic (exact) mass is 516 g/mol. The number of benzene rings is 3. The second kappa shape index (κ2) is 9.65. The molecule has 194 valence electrons. The van der Waals surface area contributed by atoms with Crippen molar-refractivity contribution in [1.29, 1.82) is 0 Å². The van der Waals surface area contributed by atoms with Gasteiger partial charge in [-0.15, -0.1) is 12.6 Å². The highest BCUT2D eigenvalue weighted by Gasteiger charge is 2.57. The quantitative estimate of drug-likeness (QED) is 0.209. The summed E-state index contributed by atoms with van der Waals surface area (Å²) >= 11 is 4.60. The van der Waals surface area contributed by atoms with Crippen LogP contribution in [0.1, 0.15) is 64.5 Å². The van der Waals surface area contributed by atoms with Gasteiger partial charge in [0.1, 0.15) is 12.2 Å². The van der Waals surface area contributed by atoms with Crippen LogP contribution in [0.25, 0.3) is 21.5 Å². The van der Waals surface area contributed by atoms with Crippen LogP contribution in [0.15, 0.2) is 53.4 Å². The van der Waals surface area contributed by atoms with E-state index in [2.05, 4.69) is 49.0 Å². The van der Waals surface area contributed by atoms with Crippen molar-refractivity contribution in [2.24, 2.45) is 35.5 Å². The number of thiol groups is 1. The van der Waals surface area contributed by atoms with E-state index in [1.807, 2.05) is 32.9 Å². The van der Waals surface area contributed by atoms with Crippen molar-refractivity contribution in [3.05, 3.63) is 54.1 Å². The standard InChI is InChI=1S/C32H36O4S/c1-4-17(2)31(33)36-30-25-12-23-13-26(30)15-24(14-25)29(23)32(34)35-18(3)19-8-9-20-16-27-21(11-22(20)10-19)6-5-7-28(27)37/h5-11,16-18,23-26,29-30,37H,4,12-15H2,1-3H3. The molecule has 3 aromatic carbocycles. The van der Waals surface area contributed by atoms with Gasteiger partial charge in [-0.05, 0) is 114 Å². The first-order valence-electron chi connectivity index (χ1n) is 13.9. The Morgan fingerprint density at radius 3 is 2.27 bits per heavy atom. The third-order valence-electron chi connectivity index (χ3n) is 9.51. The van der Waals surface area contributed by atoms with Crippen molar-refractivity contribution in [3.63, 3.8) is 0 Å². The maximum atomic E-state index is 13.5. The molecule has 0 aromatic heterocycles. The molecule has 0 heterocycles. The Morgan fingerprint density at radius 2 is 1.59 bits per heavy atom. The highest BCUT2D eigenvalue weighted by atomic mass is 32.1. The number of carbonyl (C=O) groups is 2. The van der Waals surface area contributed by atoms with Gasteiger partial charge in [0.2, 0.25) is 0 Å². The average Bonchev–Trinajstić information content (AvgIpc) is 2.88. The van der Waals surface area contributed by atoms with Crippen LogP contribution in [0.2, 0.25) is 0 Å². The molecule has 4 nitrogen and oxygen atoms in total. The molecular formula is C32H36O4S. The minimum absolute atomic E-state index is 0.0284. The lowest BCUT2D eigenvalue weighted by Crippen LogP contribution is -2.56. The summed E-state index contributed by atoms with van der Waals surface area (Å²) in [7, 11) is 0. The Morgan fingerprint density at radius 1 is 0.892 bits per heavy atom. The van der Waals surface area contributed by atoms with Gasteiger partial charge in [-0.1, -0.05) is 38.1 Å². The molecule has 3 aromatic rings. The summed E-state index contributed by atoms with van der Waals surface area (Å²) in [5.41, 5.74) is 1.02. The van der Waals surface area contributed by atoms with E-state index in [0.29, 0.717) is 23.7 Å². The molecule has 4 bridgehead atoms. The smallest absolute Gasteiger partial charge is 0.310 e. The maximum absolute atomic E-state index is 13.5. The van der Waals surface area contributed by atoms with E-state index < -0.39 is 0 Å². The number of esters is 2. The van der Waals surface area contributed by atoms with Crippen molar-refractivity contribution < 1.29 is 19.1 Å². The fraction of sp³-hybridized carbons (Fsp3) is 0.500. The summed E-state index contributed by atoms with van der Waals surface area (Å²) in [6.45, 7) is 5.95. The summed E-state index contributed by atoms with van der Waals surface area (Å²) in [6.07, 6.45) is 4.42. The van der Waals surface area contributed by atoms with Gasteiger partial charge in [-0.25, -0.2) is 0 Å². The van der Waals surface area contributed by atoms with Crippen LogP contribution in [0, 0.1) is 35.5 Å². The molecule has 4 saturated carbocycles. The van der Waals surface area contributed by atoms with Crippen molar-refractivity contribution in [1.82, 2.24) is 0 Å². The lowest BCUT2D eigenvalue weighted by molar-refractivity contribution is -0.191. The fourth-order valence-electron chi connectivity index (χ4n) is 7.43. The summed E-state index contributed by atoms with van der Waals surface area (Å²) < 4.78 is 12.1. The molecule has 7 rings (SSSR count). The van der Waals surface area contributed by atoms with Gasteiger partial charge in [0.05, 0.1) is 11.8 Å². The minimum Gasteiger partial charge on any atom is -0.462 e. The van der Waals surface area contributed by atoms with Crippen molar-refractivity contribution in [3.8, 4) is 0 Å². The zero-order chi connectivity index (χ0) is 25.8. The van der Waals surface area contributed by atoms with E-state index in [9.17, 15) is 9.59 Å². The van der Waals surface area contributed by atoms with Crippen molar-refractivity contribution >= 4 is 46.1 Å². The fourth-order valence-corrected chi connectivity index (χ4v) is 7.71. The summed E-state index contributed by atoms with van der Waals surface area (Å²) in [5, 5.41) is 4.59. The molecule has 0 aliphatic heterocycles. The molecule has 2 atom stereocenters. The lowest BCUT2D eigenvalue weighted by Gasteiger charge is -2.56. The third-order valence-corrected chi connectivity index (χ3v) is 9.90. The SMILES string of the molecule is CCC(C)C(=O)OC1C2CC3CC1CC(C2)C3C(=O)OC(C)c1ccc2cc3c(S)cccc3cc2c1. The molecule has 0 radical (unpaired) electrons. The van der Waals surface area contributed by atoms with Gasteiger partial charge >= 0.3 is 11.9 Å². The van der Waals surface area contributed by atoms with Crippen LogP contribution < -0.4 is 0 Å². The molecule has 0 amide bonds. The van der Waals surface area contributed by atoms with E-state index in [4.69, 9.17) is 9.47 Å². The van der Waals surface area contributed by atoms with E-state index in [1.165, 1.54) is 0 Å². The molecule has 5 heteroatoms. The van der Waals surface area contributed by atoms with Gasteiger partial charge in [-0.3, -0.25) is 9.59 Å². The second-order valence-corrected chi connectivity index (χ2v) is 12.2. The molecule has 0 saturated heterocycles. The number of fused-ring (bicyclic) bond motifs is 2. The highest BCUT2D eigenvalue weighted by Crippen LogP contribution is 2.58. The van der Waals surface area contributed by atoms with E-state index >= 15 is 0 Å². The lowest BCUT2D eigenvalue weighted by atomic mass is 9.50. The Bertz CT molecular complexity index is 1330. The van der Waals surface area contributed by atoms with Crippen LogP contribution in [0.3, 0.4) is 0 Å². The first kappa shape index (κ1) is 24.8. The minimum atomic E-state index is -0.301. The predicted octanol–water partition coefficient (Wildman–Crippen LogP) is 7.53. The number of hydrogen-bond donors (Lipinski definition) is 1. The Hall–Kier alpha value is -2.53. The number of ether oxygens (including phenoxy) is 2. The molecule has 2 unspecified atom stereocenters. The summed E-state index contributed by atoms with van der Waals surface area (Å²) in [5.74, 6) is 1.30. The molecule has 0 spiro atoms. The number of rotatable bonds is 6. The topological polar surface area (TPSA) is 52.6 Å². The first-order valence-corrected chi connectivity index (χ1v) is 14.3. The van der Waals surface area contributed by atoms with Crippen LogP contribution in [-0.2, 0) is 19.1 Å². The van der Waals surface area contributed by atoms with Crippen molar-refractivity contribution in [2.45, 2.75) is 70.0 Å². The maximum Gasteiger partial charge on any atom is 0.310 e. The Kier molecular flexibility index (Phi) is 6.46. The molecule has 4 fully saturated rings. The second-order valence-electron chi connectivity index (χ2n) is 11.8. The third kappa shape index (κ3) is 4.43. The first-order chi connectivity index (χ1) is 17.8. The van der Waals surface area contributed by atoms with Crippen molar-refractivity contribution in [2.75, 3.05) is 0 Å². The normalized spacial score (nSPS) is 29.8. The summed E-state index contributed by atoms with van der Waals surface area (Å²) in [6, 6.07) is 16.8. The van der Waals surface area contributed by atoms with E-state index in [-0.39, 0.29) is 36.0 Å². The van der Waals surface area contributed by atoms with Crippen LogP contribution in [-0.4, -0.2) is 18.0 Å². The Balaban J connectivity index is 1.14. The average molecular weight is 517 g/mol. The number of hydrogen-bond acceptors (Lipinski definition) is 5. The molecule has 4 aliphatic carbocycles. The zero-order valence-corrected chi connectivity index (χ0v) is 22.7. The van der Waals surface area contributed by atoms with Gasteiger partial charge in [0.15, 0.2) is 0 Å². The highest BCUT2D eigenvalue weighted by molar-refractivity contribution is 7.80. The largest absolute Gasteiger partial charge is 0.462 e. The van der Waals surface area contributed by atoms with Gasteiger partial charge < -0.3 is 9.47 Å². The van der Waals surface area contributed by atoms with Crippen LogP contribution >= 0.6 is 12.6 Å². The molecule has 0 N–H and O–H groups in total. The number of carbonyl (C=O) groups excluding carboxylic acids is 2. The summed E-state index contributed by atoms with van der Waals surface area (Å²) in [4.78, 5) is 26.9. The predicted molar refractivity (Wildman–Crippen MR) is 148 cm³/mol. The van der Waals surface area contributed by atoms with Crippen LogP contribution in [0.5, 0.6) is 0 Å². The molecule has 4 aliphatic rings. The van der Waals surface area contributed by atoms with Gasteiger partial charge in [0.25, 0.3) is 0 Å². The molecular weight excluding hydrogens is 480 g/mol. The van der Waals surface area contributed by atoms with E-state index in [1.54, 1.807) is 0 Å². The zero-order valence-electron chi connectivity index (χ0n) is 21.9. The van der Waals surface area contributed by atoms with Gasteiger partial charge in [0, 0.05) is 4.90 Å². The molecule has 37 heavy (non-hydrogen) atoms. The Labute approximate surface area is 224 Å². The van der Waals surface area contributed by atoms with Crippen LogP contribution in [0.4, 0.5) is 0 Å².